The van der Waals surface area contributed by atoms with Gasteiger partial charge in [0.2, 0.25) is 0 Å². The molecule has 6 nitrogen and oxygen atoms in total. The quantitative estimate of drug-likeness (QED) is 0.156. The summed E-state index contributed by atoms with van der Waals surface area (Å²) in [5.74, 6) is 1.78. The van der Waals surface area contributed by atoms with E-state index in [1.54, 1.807) is 0 Å². The zero-order chi connectivity index (χ0) is 41.9. The molecule has 0 N–H and O–H groups in total. The Labute approximate surface area is 362 Å². The lowest BCUT2D eigenvalue weighted by Gasteiger charge is -2.16. The second kappa shape index (κ2) is 14.7. The highest BCUT2D eigenvalue weighted by Crippen LogP contribution is 2.42. The molecule has 0 fully saturated rings. The third kappa shape index (κ3) is 6.27. The summed E-state index contributed by atoms with van der Waals surface area (Å²) in [5, 5.41) is 17.2. The monoisotopic (exact) mass is 803 g/mol. The van der Waals surface area contributed by atoms with E-state index in [2.05, 4.69) is 109 Å². The average molecular weight is 804 g/mol. The first-order chi connectivity index (χ1) is 31.1. The van der Waals surface area contributed by atoms with Crippen molar-refractivity contribution in [3.8, 4) is 73.6 Å². The van der Waals surface area contributed by atoms with Gasteiger partial charge in [-0.05, 0) is 116 Å². The minimum absolute atomic E-state index is 0.589. The molecule has 0 aliphatic rings. The number of benzene rings is 9. The number of rotatable bonds is 6. The van der Waals surface area contributed by atoms with Gasteiger partial charge in [-0.3, -0.25) is 4.98 Å². The van der Waals surface area contributed by atoms with Crippen LogP contribution in [0.15, 0.2) is 205 Å². The molecule has 12 aromatic rings. The summed E-state index contributed by atoms with van der Waals surface area (Å²) in [6.07, 6.45) is 1.87. The second-order valence-corrected chi connectivity index (χ2v) is 15.7. The zero-order valence-corrected chi connectivity index (χ0v) is 33.7. The van der Waals surface area contributed by atoms with Crippen molar-refractivity contribution in [2.24, 2.45) is 0 Å². The molecule has 0 aliphatic carbocycles. The molecule has 0 bridgehead atoms. The molecule has 0 radical (unpaired) electrons. The molecule has 6 heteroatoms. The van der Waals surface area contributed by atoms with Gasteiger partial charge in [-0.15, -0.1) is 0 Å². The van der Waals surface area contributed by atoms with Crippen LogP contribution >= 0.6 is 0 Å². The van der Waals surface area contributed by atoms with E-state index in [-0.39, 0.29) is 0 Å². The van der Waals surface area contributed by atoms with Gasteiger partial charge >= 0.3 is 0 Å². The number of nitrogens with zero attached hydrogens (tertiary/aromatic N) is 5. The summed E-state index contributed by atoms with van der Waals surface area (Å²) in [4.78, 5) is 20.2. The molecule has 292 valence electrons. The Hall–Kier alpha value is -8.79. The van der Waals surface area contributed by atoms with E-state index in [4.69, 9.17) is 24.4 Å². The van der Waals surface area contributed by atoms with Crippen LogP contribution in [0.25, 0.3) is 122 Å². The molecular formula is C57H33N5O. The van der Waals surface area contributed by atoms with E-state index in [1.807, 2.05) is 97.2 Å². The van der Waals surface area contributed by atoms with Crippen LogP contribution in [0.2, 0.25) is 0 Å². The van der Waals surface area contributed by atoms with Crippen LogP contribution in [0.4, 0.5) is 0 Å². The average Bonchev–Trinajstić information content (AvgIpc) is 3.74. The van der Waals surface area contributed by atoms with Crippen LogP contribution in [0, 0.1) is 11.3 Å². The van der Waals surface area contributed by atoms with E-state index in [0.717, 1.165) is 104 Å². The fourth-order valence-corrected chi connectivity index (χ4v) is 8.93. The summed E-state index contributed by atoms with van der Waals surface area (Å²) in [6, 6.07) is 68.8. The smallest absolute Gasteiger partial charge is 0.164 e. The summed E-state index contributed by atoms with van der Waals surface area (Å²) in [5.41, 5.74) is 12.3. The highest BCUT2D eigenvalue weighted by atomic mass is 16.3. The van der Waals surface area contributed by atoms with E-state index in [0.29, 0.717) is 23.0 Å². The molecule has 0 saturated carbocycles. The first-order valence-corrected chi connectivity index (χ1v) is 20.8. The SMILES string of the molecule is N#Cc1ccc(-c2cc3c4cccnc4c(-c4cccc(-c5cccc(-c6nc(-c7ccccc7)nc(-c7ccc8oc9ccccc9c8c7)n6)c5)c4)cc3c3ccccc23)cc1. The van der Waals surface area contributed by atoms with Gasteiger partial charge in [0.15, 0.2) is 17.5 Å². The number of para-hydroxylation sites is 1. The van der Waals surface area contributed by atoms with E-state index >= 15 is 0 Å². The van der Waals surface area contributed by atoms with Gasteiger partial charge in [-0.2, -0.15) is 5.26 Å². The van der Waals surface area contributed by atoms with Gasteiger partial charge in [0.1, 0.15) is 11.2 Å². The number of nitriles is 1. The van der Waals surface area contributed by atoms with E-state index in [1.165, 1.54) is 0 Å². The molecule has 0 unspecified atom stereocenters. The highest BCUT2D eigenvalue weighted by Gasteiger charge is 2.18. The summed E-state index contributed by atoms with van der Waals surface area (Å²) in [6.45, 7) is 0. The fraction of sp³-hybridized carbons (Fsp3) is 0. The lowest BCUT2D eigenvalue weighted by molar-refractivity contribution is 0.669. The van der Waals surface area contributed by atoms with Crippen molar-refractivity contribution in [3.63, 3.8) is 0 Å². The summed E-state index contributed by atoms with van der Waals surface area (Å²) < 4.78 is 6.14. The Kier molecular flexibility index (Phi) is 8.44. The zero-order valence-electron chi connectivity index (χ0n) is 33.7. The van der Waals surface area contributed by atoms with Crippen LogP contribution in [-0.2, 0) is 0 Å². The molecule has 0 atom stereocenters. The predicted octanol–water partition coefficient (Wildman–Crippen LogP) is 14.5. The van der Waals surface area contributed by atoms with Crippen molar-refractivity contribution in [1.29, 1.82) is 5.26 Å². The predicted molar refractivity (Wildman–Crippen MR) is 255 cm³/mol. The first-order valence-electron chi connectivity index (χ1n) is 20.8. The van der Waals surface area contributed by atoms with Crippen molar-refractivity contribution in [1.82, 2.24) is 19.9 Å². The van der Waals surface area contributed by atoms with Gasteiger partial charge in [0.25, 0.3) is 0 Å². The lowest BCUT2D eigenvalue weighted by atomic mass is 9.88. The maximum absolute atomic E-state index is 9.46. The number of furan rings is 1. The van der Waals surface area contributed by atoms with Crippen LogP contribution in [-0.4, -0.2) is 19.9 Å². The third-order valence-electron chi connectivity index (χ3n) is 12.0. The molecule has 63 heavy (non-hydrogen) atoms. The second-order valence-electron chi connectivity index (χ2n) is 15.7. The molecule has 0 saturated heterocycles. The molecule has 12 rings (SSSR count). The Morgan fingerprint density at radius 1 is 0.349 bits per heavy atom. The van der Waals surface area contributed by atoms with Crippen LogP contribution in [0.5, 0.6) is 0 Å². The van der Waals surface area contributed by atoms with E-state index < -0.39 is 0 Å². The van der Waals surface area contributed by atoms with E-state index in [9.17, 15) is 5.26 Å². The van der Waals surface area contributed by atoms with Crippen molar-refractivity contribution < 1.29 is 4.42 Å². The topological polar surface area (TPSA) is 88.5 Å². The number of pyridine rings is 1. The molecule has 3 aromatic heterocycles. The van der Waals surface area contributed by atoms with Gasteiger partial charge in [-0.25, -0.2) is 15.0 Å². The summed E-state index contributed by atoms with van der Waals surface area (Å²) >= 11 is 0. The largest absolute Gasteiger partial charge is 0.456 e. The van der Waals surface area contributed by atoms with Crippen molar-refractivity contribution in [2.75, 3.05) is 0 Å². The normalized spacial score (nSPS) is 11.5. The molecular weight excluding hydrogens is 771 g/mol. The molecule has 0 amide bonds. The van der Waals surface area contributed by atoms with Crippen molar-refractivity contribution in [3.05, 3.63) is 206 Å². The molecule has 3 heterocycles. The number of aromatic nitrogens is 4. The molecule has 0 aliphatic heterocycles. The number of hydrogen-bond donors (Lipinski definition) is 0. The van der Waals surface area contributed by atoms with Crippen molar-refractivity contribution in [2.45, 2.75) is 0 Å². The highest BCUT2D eigenvalue weighted by molar-refractivity contribution is 6.23. The van der Waals surface area contributed by atoms with Gasteiger partial charge < -0.3 is 4.42 Å². The van der Waals surface area contributed by atoms with Crippen LogP contribution in [0.1, 0.15) is 5.56 Å². The fourth-order valence-electron chi connectivity index (χ4n) is 8.93. The lowest BCUT2D eigenvalue weighted by Crippen LogP contribution is -2.00. The number of hydrogen-bond acceptors (Lipinski definition) is 6. The molecule has 9 aromatic carbocycles. The summed E-state index contributed by atoms with van der Waals surface area (Å²) in [7, 11) is 0. The minimum Gasteiger partial charge on any atom is -0.456 e. The molecule has 0 spiro atoms. The van der Waals surface area contributed by atoms with Crippen LogP contribution in [0.3, 0.4) is 0 Å². The Bertz CT molecular complexity index is 3810. The maximum atomic E-state index is 9.46. The Balaban J connectivity index is 0.978. The maximum Gasteiger partial charge on any atom is 0.164 e. The number of fused-ring (bicyclic) bond motifs is 8. The third-order valence-corrected chi connectivity index (χ3v) is 12.0. The van der Waals surface area contributed by atoms with Crippen molar-refractivity contribution >= 4 is 54.4 Å². The van der Waals surface area contributed by atoms with Gasteiger partial charge in [0, 0.05) is 44.6 Å². The Morgan fingerprint density at radius 2 is 0.905 bits per heavy atom. The standard InChI is InChI=1S/C57H33N5O/c58-34-35-22-24-36(25-23-35)47-32-50-46-20-10-28-59-54(46)48(33-49(50)44-18-5-4-17-43(44)47)40-15-8-13-38(29-40)39-14-9-16-41(30-39)56-60-55(37-11-2-1-3-12-37)61-57(62-56)42-26-27-53-51(31-42)45-19-6-7-21-52(45)63-53/h1-33H. The first kappa shape index (κ1) is 36.1. The Morgan fingerprint density at radius 3 is 1.68 bits per heavy atom. The minimum atomic E-state index is 0.589. The van der Waals surface area contributed by atoms with Crippen LogP contribution < -0.4 is 0 Å². The van der Waals surface area contributed by atoms with Gasteiger partial charge in [0.05, 0.1) is 17.1 Å². The van der Waals surface area contributed by atoms with Gasteiger partial charge in [-0.1, -0.05) is 127 Å².